The van der Waals surface area contributed by atoms with E-state index in [4.69, 9.17) is 4.74 Å². The maximum Gasteiger partial charge on any atom is 0.341 e. The molecular formula is C23H19N3O4S2. The number of carbonyl (C=O) groups is 2. The van der Waals surface area contributed by atoms with E-state index in [0.29, 0.717) is 32.2 Å². The number of ether oxygens (including phenoxy) is 1. The number of thiophene rings is 1. The molecule has 0 aliphatic heterocycles. The molecule has 0 aliphatic carbocycles. The van der Waals surface area contributed by atoms with Gasteiger partial charge in [-0.3, -0.25) is 9.59 Å². The number of aromatic amines is 1. The summed E-state index contributed by atoms with van der Waals surface area (Å²) >= 11 is 2.38. The zero-order chi connectivity index (χ0) is 22.5. The number of para-hydroxylation sites is 1. The molecule has 1 amide bonds. The second-order valence-electron chi connectivity index (χ2n) is 6.67. The fraction of sp³-hybridized carbons (Fsp3) is 0.130. The first-order valence-corrected chi connectivity index (χ1v) is 11.7. The summed E-state index contributed by atoms with van der Waals surface area (Å²) in [6.45, 7) is 1.96. The minimum Gasteiger partial charge on any atom is -0.462 e. The highest BCUT2D eigenvalue weighted by molar-refractivity contribution is 7.99. The van der Waals surface area contributed by atoms with Crippen LogP contribution in [-0.4, -0.2) is 34.2 Å². The molecule has 4 rings (SSSR count). The zero-order valence-electron chi connectivity index (χ0n) is 17.1. The van der Waals surface area contributed by atoms with E-state index < -0.39 is 5.97 Å². The number of hydrogen-bond acceptors (Lipinski definition) is 7. The number of amides is 1. The van der Waals surface area contributed by atoms with E-state index >= 15 is 0 Å². The van der Waals surface area contributed by atoms with Crippen molar-refractivity contribution < 1.29 is 14.3 Å². The Morgan fingerprint density at radius 3 is 2.66 bits per heavy atom. The van der Waals surface area contributed by atoms with Gasteiger partial charge in [-0.05, 0) is 24.6 Å². The van der Waals surface area contributed by atoms with Crippen LogP contribution in [0.5, 0.6) is 0 Å². The van der Waals surface area contributed by atoms with Gasteiger partial charge in [0.1, 0.15) is 10.6 Å². The second-order valence-corrected chi connectivity index (χ2v) is 8.51. The van der Waals surface area contributed by atoms with Crippen LogP contribution in [0.2, 0.25) is 0 Å². The fourth-order valence-corrected chi connectivity index (χ4v) is 4.76. The Hall–Kier alpha value is -3.43. The van der Waals surface area contributed by atoms with Crippen molar-refractivity contribution in [3.8, 4) is 11.1 Å². The fourth-order valence-electron chi connectivity index (χ4n) is 3.12. The molecule has 0 unspecified atom stereocenters. The SMILES string of the molecule is CCOC(=O)c1c(-c2ccccc2)csc1NC(=O)CSc1nc2ccccc2c(=O)[nH]1. The summed E-state index contributed by atoms with van der Waals surface area (Å²) in [6.07, 6.45) is 0. The average molecular weight is 466 g/mol. The first kappa shape index (κ1) is 21.8. The predicted octanol–water partition coefficient (Wildman–Crippen LogP) is 4.56. The highest BCUT2D eigenvalue weighted by atomic mass is 32.2. The number of aromatic nitrogens is 2. The Morgan fingerprint density at radius 2 is 1.88 bits per heavy atom. The molecule has 7 nitrogen and oxygen atoms in total. The van der Waals surface area contributed by atoms with Gasteiger partial charge in [-0.2, -0.15) is 0 Å². The van der Waals surface area contributed by atoms with Crippen LogP contribution in [0.25, 0.3) is 22.0 Å². The number of esters is 1. The monoisotopic (exact) mass is 465 g/mol. The lowest BCUT2D eigenvalue weighted by Gasteiger charge is -2.09. The lowest BCUT2D eigenvalue weighted by molar-refractivity contribution is -0.113. The number of nitrogens with one attached hydrogen (secondary N) is 2. The van der Waals surface area contributed by atoms with Crippen LogP contribution in [0, 0.1) is 0 Å². The topological polar surface area (TPSA) is 101 Å². The molecule has 2 N–H and O–H groups in total. The third-order valence-electron chi connectivity index (χ3n) is 4.54. The van der Waals surface area contributed by atoms with Gasteiger partial charge in [0.05, 0.1) is 23.3 Å². The summed E-state index contributed by atoms with van der Waals surface area (Å²) in [4.78, 5) is 44.5. The molecule has 2 aromatic carbocycles. The average Bonchev–Trinajstić information content (AvgIpc) is 3.22. The first-order valence-electron chi connectivity index (χ1n) is 9.82. The Balaban J connectivity index is 1.52. The van der Waals surface area contributed by atoms with Gasteiger partial charge in [-0.15, -0.1) is 11.3 Å². The molecule has 0 saturated carbocycles. The van der Waals surface area contributed by atoms with Crippen molar-refractivity contribution in [1.82, 2.24) is 9.97 Å². The molecule has 9 heteroatoms. The number of hydrogen-bond donors (Lipinski definition) is 2. The number of thioether (sulfide) groups is 1. The number of anilines is 1. The van der Waals surface area contributed by atoms with Crippen molar-refractivity contribution in [1.29, 1.82) is 0 Å². The molecule has 0 saturated heterocycles. The quantitative estimate of drug-likeness (QED) is 0.236. The van der Waals surface area contributed by atoms with E-state index in [-0.39, 0.29) is 23.8 Å². The first-order chi connectivity index (χ1) is 15.6. The van der Waals surface area contributed by atoms with E-state index in [1.165, 1.54) is 11.3 Å². The molecule has 0 spiro atoms. The standard InChI is InChI=1S/C23H19N3O4S2/c1-2-30-22(29)19-16(14-8-4-3-5-9-14)12-31-21(19)25-18(27)13-32-23-24-17-11-7-6-10-15(17)20(28)26-23/h3-12H,2,13H2,1H3,(H,25,27)(H,24,26,28). The van der Waals surface area contributed by atoms with Crippen molar-refractivity contribution in [3.63, 3.8) is 0 Å². The number of carbonyl (C=O) groups excluding carboxylic acids is 2. The third-order valence-corrected chi connectivity index (χ3v) is 6.31. The zero-order valence-corrected chi connectivity index (χ0v) is 18.7. The van der Waals surface area contributed by atoms with E-state index in [1.54, 1.807) is 31.2 Å². The summed E-state index contributed by atoms with van der Waals surface area (Å²) in [5, 5.41) is 5.90. The van der Waals surface area contributed by atoms with E-state index in [1.807, 2.05) is 35.7 Å². The van der Waals surface area contributed by atoms with E-state index in [0.717, 1.165) is 17.3 Å². The largest absolute Gasteiger partial charge is 0.462 e. The van der Waals surface area contributed by atoms with Crippen LogP contribution < -0.4 is 10.9 Å². The number of nitrogens with zero attached hydrogens (tertiary/aromatic N) is 1. The van der Waals surface area contributed by atoms with Gasteiger partial charge in [-0.1, -0.05) is 54.2 Å². The van der Waals surface area contributed by atoms with Crippen LogP contribution in [-0.2, 0) is 9.53 Å². The molecular weight excluding hydrogens is 446 g/mol. The molecule has 0 atom stereocenters. The van der Waals surface area contributed by atoms with Crippen LogP contribution in [0.1, 0.15) is 17.3 Å². The maximum atomic E-state index is 12.6. The van der Waals surface area contributed by atoms with Crippen LogP contribution >= 0.6 is 23.1 Å². The van der Waals surface area contributed by atoms with Gasteiger partial charge in [-0.25, -0.2) is 9.78 Å². The summed E-state index contributed by atoms with van der Waals surface area (Å²) in [5.74, 6) is -0.795. The van der Waals surface area contributed by atoms with Crippen molar-refractivity contribution in [2.45, 2.75) is 12.1 Å². The summed E-state index contributed by atoms with van der Waals surface area (Å²) in [6, 6.07) is 16.5. The lowest BCUT2D eigenvalue weighted by atomic mass is 10.0. The minimum absolute atomic E-state index is 0.0160. The Bertz CT molecular complexity index is 1330. The van der Waals surface area contributed by atoms with Crippen molar-refractivity contribution in [2.75, 3.05) is 17.7 Å². The van der Waals surface area contributed by atoms with Crippen LogP contribution in [0.4, 0.5) is 5.00 Å². The molecule has 32 heavy (non-hydrogen) atoms. The van der Waals surface area contributed by atoms with Gasteiger partial charge in [0.15, 0.2) is 5.16 Å². The third kappa shape index (κ3) is 4.74. The summed E-state index contributed by atoms with van der Waals surface area (Å²) in [5.41, 5.74) is 2.21. The minimum atomic E-state index is -0.490. The Kier molecular flexibility index (Phi) is 6.67. The molecule has 0 aliphatic rings. The van der Waals surface area contributed by atoms with Gasteiger partial charge in [0.2, 0.25) is 5.91 Å². The molecule has 0 radical (unpaired) electrons. The molecule has 2 aromatic heterocycles. The summed E-state index contributed by atoms with van der Waals surface area (Å²) < 4.78 is 5.22. The van der Waals surface area contributed by atoms with Crippen molar-refractivity contribution >= 4 is 50.9 Å². The van der Waals surface area contributed by atoms with Crippen molar-refractivity contribution in [2.24, 2.45) is 0 Å². The van der Waals surface area contributed by atoms with E-state index in [9.17, 15) is 14.4 Å². The van der Waals surface area contributed by atoms with Gasteiger partial charge < -0.3 is 15.0 Å². The Morgan fingerprint density at radius 1 is 1.12 bits per heavy atom. The van der Waals surface area contributed by atoms with Crippen LogP contribution in [0.15, 0.2) is 69.9 Å². The van der Waals surface area contributed by atoms with E-state index in [2.05, 4.69) is 15.3 Å². The number of rotatable bonds is 7. The number of H-pyrrole nitrogens is 1. The van der Waals surface area contributed by atoms with Crippen molar-refractivity contribution in [3.05, 3.63) is 75.9 Å². The molecule has 2 heterocycles. The number of benzene rings is 2. The molecule has 0 fully saturated rings. The second kappa shape index (κ2) is 9.80. The molecule has 4 aromatic rings. The maximum absolute atomic E-state index is 12.6. The van der Waals surface area contributed by atoms with Gasteiger partial charge in [0, 0.05) is 10.9 Å². The van der Waals surface area contributed by atoms with Crippen LogP contribution in [0.3, 0.4) is 0 Å². The van der Waals surface area contributed by atoms with Gasteiger partial charge in [0.25, 0.3) is 5.56 Å². The predicted molar refractivity (Wildman–Crippen MR) is 127 cm³/mol. The molecule has 0 bridgehead atoms. The smallest absolute Gasteiger partial charge is 0.341 e. The normalized spacial score (nSPS) is 10.8. The lowest BCUT2D eigenvalue weighted by Crippen LogP contribution is -2.17. The van der Waals surface area contributed by atoms with Gasteiger partial charge >= 0.3 is 5.97 Å². The Labute approximate surface area is 191 Å². The summed E-state index contributed by atoms with van der Waals surface area (Å²) in [7, 11) is 0. The molecule has 162 valence electrons. The number of fused-ring (bicyclic) bond motifs is 1. The highest BCUT2D eigenvalue weighted by Crippen LogP contribution is 2.36. The highest BCUT2D eigenvalue weighted by Gasteiger charge is 2.22.